The molecule has 94 heavy (non-hydrogen) atoms. The minimum Gasteiger partial charge on any atom is -1.00 e. The predicted octanol–water partition coefficient (Wildman–Crippen LogP) is 15.2. The molecule has 12 heteroatoms. The summed E-state index contributed by atoms with van der Waals surface area (Å²) in [5.74, 6) is 0.336. The minimum absolute atomic E-state index is 0. The summed E-state index contributed by atoms with van der Waals surface area (Å²) in [5.41, 5.74) is 0. The van der Waals surface area contributed by atoms with Crippen molar-refractivity contribution in [3.8, 4) is 0 Å². The van der Waals surface area contributed by atoms with Crippen LogP contribution in [0.5, 0.6) is 0 Å². The number of halogens is 2. The average Bonchev–Trinajstić information content (AvgIpc) is 3.34. The van der Waals surface area contributed by atoms with Crippen LogP contribution in [0.25, 0.3) is 0 Å². The van der Waals surface area contributed by atoms with Crippen molar-refractivity contribution in [3.63, 3.8) is 0 Å². The molecule has 0 aliphatic carbocycles. The van der Waals surface area contributed by atoms with Gasteiger partial charge in [-0.25, -0.2) is 0 Å². The zero-order valence-corrected chi connectivity index (χ0v) is 66.1. The molecule has 0 atom stereocenters. The van der Waals surface area contributed by atoms with Gasteiger partial charge in [-0.15, -0.1) is 0 Å². The first-order valence-electron chi connectivity index (χ1n) is 41.7. The molecule has 564 valence electrons. The number of carbonyl (C=O) groups is 4. The number of rotatable bonds is 74. The molecular weight excluding hydrogens is 1200 g/mol. The number of hydrogen-bond donors (Lipinski definition) is 6. The Hall–Kier alpha value is -1.62. The summed E-state index contributed by atoms with van der Waals surface area (Å²) in [6.45, 7) is 11.0. The van der Waals surface area contributed by atoms with Crippen molar-refractivity contribution in [2.45, 2.75) is 464 Å². The first-order chi connectivity index (χ1) is 45.0. The van der Waals surface area contributed by atoms with Gasteiger partial charge in [0.25, 0.3) is 0 Å². The van der Waals surface area contributed by atoms with Crippen molar-refractivity contribution in [2.75, 3.05) is 41.3 Å². The van der Waals surface area contributed by atoms with E-state index >= 15 is 0 Å². The molecule has 4 amide bonds. The maximum absolute atomic E-state index is 12.7. The number of nitrogens with one attached hydrogen (secondary N) is 6. The summed E-state index contributed by atoms with van der Waals surface area (Å²) in [5, 5.41) is 12.5. The van der Waals surface area contributed by atoms with Crippen LogP contribution >= 0.6 is 0 Å². The summed E-state index contributed by atoms with van der Waals surface area (Å²) in [6.07, 6.45) is 83.1. The second kappa shape index (κ2) is 83.8. The molecule has 0 rings (SSSR count). The molecule has 0 spiro atoms. The Morgan fingerprint density at radius 3 is 0.447 bits per heavy atom. The topological polar surface area (TPSA) is 125 Å². The van der Waals surface area contributed by atoms with Crippen molar-refractivity contribution < 1.29 is 53.8 Å². The zero-order valence-electron chi connectivity index (χ0n) is 64.6. The first kappa shape index (κ1) is 98.8. The van der Waals surface area contributed by atoms with Crippen LogP contribution in [0.2, 0.25) is 0 Å². The van der Waals surface area contributed by atoms with Gasteiger partial charge in [0.05, 0.1) is 41.3 Å². The highest BCUT2D eigenvalue weighted by atomic mass is 35.5. The van der Waals surface area contributed by atoms with Crippen LogP contribution in [-0.4, -0.2) is 77.2 Å². The Kier molecular flexibility index (Phi) is 88.0. The van der Waals surface area contributed by atoms with Crippen molar-refractivity contribution in [1.82, 2.24) is 21.3 Å². The Balaban J connectivity index is -0.000000844. The molecule has 0 aliphatic rings. The Morgan fingerprint density at radius 1 is 0.213 bits per heavy atom. The van der Waals surface area contributed by atoms with E-state index in [4.69, 9.17) is 0 Å². The van der Waals surface area contributed by atoms with E-state index in [9.17, 15) is 19.2 Å². The zero-order chi connectivity index (χ0) is 67.5. The van der Waals surface area contributed by atoms with Gasteiger partial charge in [0, 0.05) is 38.5 Å². The van der Waals surface area contributed by atoms with Crippen LogP contribution in [0.15, 0.2) is 0 Å². The van der Waals surface area contributed by atoms with E-state index in [1.54, 1.807) is 0 Å². The molecule has 0 saturated carbocycles. The molecular formula is C82H168Cl2N6O4. The van der Waals surface area contributed by atoms with Crippen LogP contribution in [0, 0.1) is 0 Å². The van der Waals surface area contributed by atoms with E-state index in [0.717, 1.165) is 77.3 Å². The lowest BCUT2D eigenvalue weighted by Crippen LogP contribution is -3.05. The Bertz CT molecular complexity index is 1300. The van der Waals surface area contributed by atoms with E-state index < -0.39 is 0 Å². The van der Waals surface area contributed by atoms with Crippen molar-refractivity contribution in [2.24, 2.45) is 0 Å². The van der Waals surface area contributed by atoms with Gasteiger partial charge in [-0.2, -0.15) is 0 Å². The SMILES string of the molecule is CCCCCCCCCCCCCCCCCC(=O)NC(CC[NH+](C)C)NC(=O)CCCCCCCCCCCCCCCCC.CCCCCCCCCCCCCCCCCC(=O)NC(CC[NH+](C)C)NC(=O)CCCCCCCCCCCCCCCCC.[Cl-].[Cl-]. The van der Waals surface area contributed by atoms with Crippen molar-refractivity contribution >= 4 is 23.6 Å². The van der Waals surface area contributed by atoms with Crippen LogP contribution in [0.1, 0.15) is 451 Å². The Morgan fingerprint density at radius 2 is 0.330 bits per heavy atom. The minimum atomic E-state index is -0.248. The standard InChI is InChI=1S/2C41H83N3O2.2ClH/c2*1-5-7-9-11-13-15-17-19-21-23-25-27-29-31-33-35-40(45)42-39(37-38-44(3)4)43-41(46)36-34-32-30-28-26-24-22-20-18-16-14-12-10-8-6-2;;/h2*39H,5-38H2,1-4H3,(H,42,45)(H,43,46);2*1H. The third kappa shape index (κ3) is 84.6. The number of hydrogen-bond acceptors (Lipinski definition) is 4. The normalized spacial score (nSPS) is 11.3. The van der Waals surface area contributed by atoms with E-state index in [-0.39, 0.29) is 60.8 Å². The second-order valence-corrected chi connectivity index (χ2v) is 29.7. The molecule has 0 aromatic heterocycles. The number of carbonyl (C=O) groups excluding carboxylic acids is 4. The lowest BCUT2D eigenvalue weighted by atomic mass is 10.0. The van der Waals surface area contributed by atoms with Gasteiger partial charge in [-0.1, -0.05) is 387 Å². The third-order valence-electron chi connectivity index (χ3n) is 19.2. The summed E-state index contributed by atoms with van der Waals surface area (Å²) < 4.78 is 0. The molecule has 0 fully saturated rings. The van der Waals surface area contributed by atoms with E-state index in [2.05, 4.69) is 77.2 Å². The van der Waals surface area contributed by atoms with E-state index in [1.807, 2.05) is 0 Å². The van der Waals surface area contributed by atoms with Crippen LogP contribution in [0.4, 0.5) is 0 Å². The summed E-state index contributed by atoms with van der Waals surface area (Å²) in [6, 6.07) is 0. The van der Waals surface area contributed by atoms with Gasteiger partial charge >= 0.3 is 0 Å². The monoisotopic (exact) mass is 1370 g/mol. The molecule has 0 heterocycles. The molecule has 0 bridgehead atoms. The molecule has 0 aromatic rings. The highest BCUT2D eigenvalue weighted by molar-refractivity contribution is 5.79. The average molecular weight is 1370 g/mol. The number of quaternary nitrogens is 2. The second-order valence-electron chi connectivity index (χ2n) is 29.7. The van der Waals surface area contributed by atoms with Gasteiger partial charge in [0.1, 0.15) is 12.3 Å². The fourth-order valence-electron chi connectivity index (χ4n) is 12.9. The summed E-state index contributed by atoms with van der Waals surface area (Å²) in [7, 11) is 8.47. The van der Waals surface area contributed by atoms with E-state index in [1.165, 1.54) is 344 Å². The fraction of sp³-hybridized carbons (Fsp3) is 0.951. The van der Waals surface area contributed by atoms with Crippen molar-refractivity contribution in [3.05, 3.63) is 0 Å². The molecule has 0 saturated heterocycles. The highest BCUT2D eigenvalue weighted by Gasteiger charge is 2.18. The quantitative estimate of drug-likeness (QED) is 0.0268. The molecule has 10 nitrogen and oxygen atoms in total. The van der Waals surface area contributed by atoms with Gasteiger partial charge in [0.15, 0.2) is 0 Å². The smallest absolute Gasteiger partial charge is 0.221 e. The first-order valence-corrected chi connectivity index (χ1v) is 41.7. The van der Waals surface area contributed by atoms with Crippen LogP contribution in [-0.2, 0) is 19.2 Å². The molecule has 0 aromatic carbocycles. The van der Waals surface area contributed by atoms with Gasteiger partial charge in [0.2, 0.25) is 23.6 Å². The Labute approximate surface area is 600 Å². The summed E-state index contributed by atoms with van der Waals surface area (Å²) >= 11 is 0. The molecule has 0 aliphatic heterocycles. The lowest BCUT2D eigenvalue weighted by molar-refractivity contribution is -0.858. The van der Waals surface area contributed by atoms with E-state index in [0.29, 0.717) is 25.7 Å². The number of amides is 4. The predicted molar refractivity (Wildman–Crippen MR) is 403 cm³/mol. The fourth-order valence-corrected chi connectivity index (χ4v) is 12.9. The lowest BCUT2D eigenvalue weighted by Gasteiger charge is -2.21. The van der Waals surface area contributed by atoms with Crippen LogP contribution < -0.4 is 55.9 Å². The summed E-state index contributed by atoms with van der Waals surface area (Å²) in [4.78, 5) is 53.3. The highest BCUT2D eigenvalue weighted by Crippen LogP contribution is 2.19. The molecule has 0 unspecified atom stereocenters. The number of unbranched alkanes of at least 4 members (excludes halogenated alkanes) is 56. The van der Waals surface area contributed by atoms with Crippen LogP contribution in [0.3, 0.4) is 0 Å². The van der Waals surface area contributed by atoms with Gasteiger partial charge in [-0.3, -0.25) is 19.2 Å². The van der Waals surface area contributed by atoms with Crippen molar-refractivity contribution in [1.29, 1.82) is 0 Å². The third-order valence-corrected chi connectivity index (χ3v) is 19.2. The molecule has 0 radical (unpaired) electrons. The maximum Gasteiger partial charge on any atom is 0.221 e. The maximum atomic E-state index is 12.7. The largest absolute Gasteiger partial charge is 1.00 e. The molecule has 6 N–H and O–H groups in total. The van der Waals surface area contributed by atoms with Gasteiger partial charge in [-0.05, 0) is 25.7 Å². The van der Waals surface area contributed by atoms with Gasteiger partial charge < -0.3 is 55.9 Å².